The van der Waals surface area contributed by atoms with Gasteiger partial charge < -0.3 is 10.2 Å². The van der Waals surface area contributed by atoms with Crippen molar-refractivity contribution in [2.24, 2.45) is 0 Å². The van der Waals surface area contributed by atoms with Gasteiger partial charge in [0.2, 0.25) is 0 Å². The van der Waals surface area contributed by atoms with Crippen LogP contribution in [0.5, 0.6) is 0 Å². The summed E-state index contributed by atoms with van der Waals surface area (Å²) in [5, 5.41) is 4.33. The lowest BCUT2D eigenvalue weighted by Crippen LogP contribution is -2.44. The van der Waals surface area contributed by atoms with E-state index in [-0.39, 0.29) is 24.3 Å². The van der Waals surface area contributed by atoms with Gasteiger partial charge in [-0.05, 0) is 42.0 Å². The zero-order chi connectivity index (χ0) is 18.8. The van der Waals surface area contributed by atoms with E-state index in [0.717, 1.165) is 29.2 Å². The van der Waals surface area contributed by atoms with E-state index in [1.807, 2.05) is 5.32 Å². The fourth-order valence-corrected chi connectivity index (χ4v) is 2.48. The molecule has 0 aromatic heterocycles. The minimum Gasteiger partial charge on any atom is -0.320 e. The Labute approximate surface area is 145 Å². The molecule has 0 aliphatic carbocycles. The van der Waals surface area contributed by atoms with E-state index in [1.54, 1.807) is 0 Å². The SMILES string of the molecule is O=C(NCN1Cc2cc(F)c(F)cc2C1=O)NC(=O)c1ccc(F)cc1. The van der Waals surface area contributed by atoms with E-state index in [1.165, 1.54) is 12.1 Å². The summed E-state index contributed by atoms with van der Waals surface area (Å²) in [6, 6.07) is 5.44. The fourth-order valence-electron chi connectivity index (χ4n) is 2.48. The summed E-state index contributed by atoms with van der Waals surface area (Å²) in [6.07, 6.45) is 0. The molecule has 0 atom stereocenters. The molecular formula is C17H12F3N3O3. The minimum atomic E-state index is -1.13. The van der Waals surface area contributed by atoms with Gasteiger partial charge in [0, 0.05) is 17.7 Å². The monoisotopic (exact) mass is 363 g/mol. The lowest BCUT2D eigenvalue weighted by Gasteiger charge is -2.16. The maximum Gasteiger partial charge on any atom is 0.323 e. The molecule has 1 aliphatic heterocycles. The predicted molar refractivity (Wildman–Crippen MR) is 83.5 cm³/mol. The van der Waals surface area contributed by atoms with E-state index in [4.69, 9.17) is 0 Å². The van der Waals surface area contributed by atoms with Crippen molar-refractivity contribution in [2.45, 2.75) is 6.54 Å². The zero-order valence-electron chi connectivity index (χ0n) is 13.2. The molecule has 134 valence electrons. The van der Waals surface area contributed by atoms with Crippen LogP contribution in [0.4, 0.5) is 18.0 Å². The van der Waals surface area contributed by atoms with E-state index in [0.29, 0.717) is 5.56 Å². The summed E-state index contributed by atoms with van der Waals surface area (Å²) in [7, 11) is 0. The Kier molecular flexibility index (Phi) is 4.61. The molecular weight excluding hydrogens is 351 g/mol. The van der Waals surface area contributed by atoms with Crippen LogP contribution >= 0.6 is 0 Å². The van der Waals surface area contributed by atoms with Crippen LogP contribution in [0, 0.1) is 17.5 Å². The summed E-state index contributed by atoms with van der Waals surface area (Å²) < 4.78 is 39.3. The van der Waals surface area contributed by atoms with Crippen molar-refractivity contribution >= 4 is 17.8 Å². The molecule has 1 heterocycles. The Morgan fingerprint density at radius 3 is 2.38 bits per heavy atom. The molecule has 0 radical (unpaired) electrons. The highest BCUT2D eigenvalue weighted by molar-refractivity contribution is 6.04. The van der Waals surface area contributed by atoms with Crippen molar-refractivity contribution in [3.63, 3.8) is 0 Å². The van der Waals surface area contributed by atoms with E-state index in [9.17, 15) is 27.6 Å². The zero-order valence-corrected chi connectivity index (χ0v) is 13.2. The number of carbonyl (C=O) groups is 3. The first-order valence-corrected chi connectivity index (χ1v) is 7.47. The molecule has 26 heavy (non-hydrogen) atoms. The number of hydrogen-bond acceptors (Lipinski definition) is 3. The Balaban J connectivity index is 1.56. The van der Waals surface area contributed by atoms with Crippen LogP contribution in [0.25, 0.3) is 0 Å². The van der Waals surface area contributed by atoms with Gasteiger partial charge in [-0.2, -0.15) is 0 Å². The Morgan fingerprint density at radius 2 is 1.69 bits per heavy atom. The van der Waals surface area contributed by atoms with Crippen molar-refractivity contribution in [3.8, 4) is 0 Å². The van der Waals surface area contributed by atoms with Gasteiger partial charge in [0.25, 0.3) is 11.8 Å². The second-order valence-corrected chi connectivity index (χ2v) is 5.55. The number of nitrogens with one attached hydrogen (secondary N) is 2. The smallest absolute Gasteiger partial charge is 0.320 e. The van der Waals surface area contributed by atoms with Gasteiger partial charge in [0.15, 0.2) is 11.6 Å². The van der Waals surface area contributed by atoms with Gasteiger partial charge in [0.05, 0.1) is 6.67 Å². The lowest BCUT2D eigenvalue weighted by atomic mass is 10.1. The molecule has 9 heteroatoms. The van der Waals surface area contributed by atoms with Crippen LogP contribution in [0.3, 0.4) is 0 Å². The first-order chi connectivity index (χ1) is 12.3. The average molecular weight is 363 g/mol. The lowest BCUT2D eigenvalue weighted by molar-refractivity contribution is 0.0770. The van der Waals surface area contributed by atoms with Crippen LogP contribution in [0.2, 0.25) is 0 Å². The predicted octanol–water partition coefficient (Wildman–Crippen LogP) is 2.16. The Hall–Kier alpha value is -3.36. The second-order valence-electron chi connectivity index (χ2n) is 5.55. The quantitative estimate of drug-likeness (QED) is 0.877. The molecule has 4 amide bonds. The van der Waals surface area contributed by atoms with E-state index < -0.39 is 35.3 Å². The number of carbonyl (C=O) groups excluding carboxylic acids is 3. The van der Waals surface area contributed by atoms with Crippen LogP contribution in [-0.4, -0.2) is 29.4 Å². The molecule has 3 rings (SSSR count). The third-order valence-corrected chi connectivity index (χ3v) is 3.79. The van der Waals surface area contributed by atoms with Crippen molar-refractivity contribution in [1.82, 2.24) is 15.5 Å². The molecule has 2 aromatic carbocycles. The second kappa shape index (κ2) is 6.87. The maximum absolute atomic E-state index is 13.2. The van der Waals surface area contributed by atoms with Gasteiger partial charge in [-0.25, -0.2) is 18.0 Å². The Morgan fingerprint density at radius 1 is 1.04 bits per heavy atom. The number of amides is 4. The molecule has 0 fully saturated rings. The molecule has 1 aliphatic rings. The molecule has 0 spiro atoms. The largest absolute Gasteiger partial charge is 0.323 e. The minimum absolute atomic E-state index is 0.00243. The summed E-state index contributed by atoms with van der Waals surface area (Å²) in [4.78, 5) is 36.9. The van der Waals surface area contributed by atoms with Crippen molar-refractivity contribution in [3.05, 3.63) is 70.5 Å². The third kappa shape index (κ3) is 3.51. The summed E-state index contributed by atoms with van der Waals surface area (Å²) >= 11 is 0. The number of imide groups is 1. The Bertz CT molecular complexity index is 900. The molecule has 2 N–H and O–H groups in total. The standard InChI is InChI=1S/C17H12F3N3O3/c18-11-3-1-9(2-4-11)15(24)22-17(26)21-8-23-7-10-5-13(19)14(20)6-12(10)16(23)25/h1-6H,7-8H2,(H2,21,22,24,26). The average Bonchev–Trinajstić information content (AvgIpc) is 2.89. The topological polar surface area (TPSA) is 78.5 Å². The normalized spacial score (nSPS) is 12.7. The molecule has 0 unspecified atom stereocenters. The number of fused-ring (bicyclic) bond motifs is 1. The van der Waals surface area contributed by atoms with Crippen LogP contribution in [0.1, 0.15) is 26.3 Å². The van der Waals surface area contributed by atoms with Gasteiger partial charge in [-0.15, -0.1) is 0 Å². The third-order valence-electron chi connectivity index (χ3n) is 3.79. The van der Waals surface area contributed by atoms with Gasteiger partial charge in [-0.1, -0.05) is 0 Å². The molecule has 2 aromatic rings. The molecule has 0 bridgehead atoms. The molecule has 6 nitrogen and oxygen atoms in total. The number of rotatable bonds is 3. The van der Waals surface area contributed by atoms with Crippen LogP contribution in [-0.2, 0) is 6.54 Å². The first kappa shape index (κ1) is 17.5. The van der Waals surface area contributed by atoms with E-state index in [2.05, 4.69) is 5.32 Å². The number of benzene rings is 2. The van der Waals surface area contributed by atoms with E-state index >= 15 is 0 Å². The highest BCUT2D eigenvalue weighted by Gasteiger charge is 2.29. The summed E-state index contributed by atoms with van der Waals surface area (Å²) in [6.45, 7) is -0.267. The summed E-state index contributed by atoms with van der Waals surface area (Å²) in [5.74, 6) is -4.03. The maximum atomic E-state index is 13.2. The molecule has 0 saturated carbocycles. The van der Waals surface area contributed by atoms with Crippen LogP contribution in [0.15, 0.2) is 36.4 Å². The number of nitrogens with zero attached hydrogens (tertiary/aromatic N) is 1. The highest BCUT2D eigenvalue weighted by atomic mass is 19.2. The van der Waals surface area contributed by atoms with Gasteiger partial charge in [-0.3, -0.25) is 14.9 Å². The van der Waals surface area contributed by atoms with Gasteiger partial charge >= 0.3 is 6.03 Å². The number of halogens is 3. The highest BCUT2D eigenvalue weighted by Crippen LogP contribution is 2.24. The van der Waals surface area contributed by atoms with Crippen molar-refractivity contribution in [2.75, 3.05) is 6.67 Å². The number of urea groups is 1. The van der Waals surface area contributed by atoms with Crippen molar-refractivity contribution < 1.29 is 27.6 Å². The summed E-state index contributed by atoms with van der Waals surface area (Å²) in [5.41, 5.74) is 0.407. The molecule has 0 saturated heterocycles. The fraction of sp³-hybridized carbons (Fsp3) is 0.118. The first-order valence-electron chi connectivity index (χ1n) is 7.47. The van der Waals surface area contributed by atoms with Gasteiger partial charge in [0.1, 0.15) is 5.82 Å². The van der Waals surface area contributed by atoms with Crippen molar-refractivity contribution in [1.29, 1.82) is 0 Å². The number of hydrogen-bond donors (Lipinski definition) is 2. The van der Waals surface area contributed by atoms with Crippen LogP contribution < -0.4 is 10.6 Å².